The van der Waals surface area contributed by atoms with Gasteiger partial charge in [0.2, 0.25) is 10.0 Å². The Morgan fingerprint density at radius 1 is 1.29 bits per heavy atom. The van der Waals surface area contributed by atoms with E-state index in [2.05, 4.69) is 0 Å². The van der Waals surface area contributed by atoms with Crippen LogP contribution in [0.1, 0.15) is 18.4 Å². The maximum atomic E-state index is 12.3. The molecule has 17 heavy (non-hydrogen) atoms. The molecule has 90 valence electrons. The summed E-state index contributed by atoms with van der Waals surface area (Å²) >= 11 is 0. The van der Waals surface area contributed by atoms with Crippen LogP contribution >= 0.6 is 0 Å². The normalized spacial score (nSPS) is 16.9. The van der Waals surface area contributed by atoms with Gasteiger partial charge in [-0.05, 0) is 31.0 Å². The lowest BCUT2D eigenvalue weighted by molar-refractivity contribution is 0.477. The van der Waals surface area contributed by atoms with Crippen LogP contribution in [-0.2, 0) is 10.0 Å². The predicted octanol–water partition coefficient (Wildman–Crippen LogP) is 0.925. The summed E-state index contributed by atoms with van der Waals surface area (Å²) in [5.41, 5.74) is 6.08. The Hall–Kier alpha value is -1.58. The minimum absolute atomic E-state index is 0.0156. The second kappa shape index (κ2) is 4.35. The highest BCUT2D eigenvalue weighted by Gasteiger charge is 2.29. The summed E-state index contributed by atoms with van der Waals surface area (Å²) in [7, 11) is -3.57. The molecule has 0 unspecified atom stereocenters. The number of sulfonamides is 1. The number of nitriles is 1. The van der Waals surface area contributed by atoms with Gasteiger partial charge < -0.3 is 5.73 Å². The van der Waals surface area contributed by atoms with Gasteiger partial charge in [0, 0.05) is 18.8 Å². The molecule has 0 aromatic heterocycles. The van der Waals surface area contributed by atoms with Crippen molar-refractivity contribution in [1.82, 2.24) is 4.31 Å². The van der Waals surface area contributed by atoms with Crippen molar-refractivity contribution in [2.75, 3.05) is 18.8 Å². The molecule has 5 nitrogen and oxygen atoms in total. The first-order chi connectivity index (χ1) is 8.05. The molecule has 1 aromatic carbocycles. The van der Waals surface area contributed by atoms with Gasteiger partial charge in [-0.15, -0.1) is 0 Å². The van der Waals surface area contributed by atoms with Crippen molar-refractivity contribution in [2.45, 2.75) is 17.7 Å². The number of hydrogen-bond acceptors (Lipinski definition) is 4. The topological polar surface area (TPSA) is 87.2 Å². The van der Waals surface area contributed by atoms with Gasteiger partial charge in [0.25, 0.3) is 0 Å². The van der Waals surface area contributed by atoms with Gasteiger partial charge >= 0.3 is 0 Å². The first-order valence-electron chi connectivity index (χ1n) is 5.35. The maximum absolute atomic E-state index is 12.3. The fourth-order valence-electron chi connectivity index (χ4n) is 1.91. The number of nitrogens with zero attached hydrogens (tertiary/aromatic N) is 2. The van der Waals surface area contributed by atoms with Crippen LogP contribution in [-0.4, -0.2) is 25.8 Å². The van der Waals surface area contributed by atoms with Crippen LogP contribution in [0.5, 0.6) is 0 Å². The van der Waals surface area contributed by atoms with E-state index in [4.69, 9.17) is 11.0 Å². The third-order valence-electron chi connectivity index (χ3n) is 2.81. The van der Waals surface area contributed by atoms with Gasteiger partial charge in [-0.3, -0.25) is 0 Å². The second-order valence-electron chi connectivity index (χ2n) is 3.98. The van der Waals surface area contributed by atoms with E-state index in [0.717, 1.165) is 12.8 Å². The Kier molecular flexibility index (Phi) is 3.05. The van der Waals surface area contributed by atoms with E-state index in [-0.39, 0.29) is 10.5 Å². The molecule has 0 radical (unpaired) electrons. The smallest absolute Gasteiger partial charge is 0.244 e. The highest BCUT2D eigenvalue weighted by molar-refractivity contribution is 7.89. The number of rotatable bonds is 2. The molecule has 0 saturated carbocycles. The molecule has 2 rings (SSSR count). The van der Waals surface area contributed by atoms with Crippen LogP contribution in [0.2, 0.25) is 0 Å². The summed E-state index contributed by atoms with van der Waals surface area (Å²) in [5.74, 6) is 0. The number of anilines is 1. The average molecular weight is 251 g/mol. The molecule has 0 amide bonds. The lowest BCUT2D eigenvalue weighted by atomic mass is 10.2. The van der Waals surface area contributed by atoms with Gasteiger partial charge in [-0.25, -0.2) is 8.42 Å². The van der Waals surface area contributed by atoms with Crippen molar-refractivity contribution < 1.29 is 8.42 Å². The van der Waals surface area contributed by atoms with E-state index in [0.29, 0.717) is 18.8 Å². The lowest BCUT2D eigenvalue weighted by Crippen LogP contribution is -2.28. The molecule has 1 fully saturated rings. The zero-order chi connectivity index (χ0) is 12.5. The van der Waals surface area contributed by atoms with Crippen molar-refractivity contribution in [3.8, 4) is 6.07 Å². The van der Waals surface area contributed by atoms with Gasteiger partial charge in [0.15, 0.2) is 0 Å². The standard InChI is InChI=1S/C11H13N3O2S/c12-8-9-3-4-10(13)7-11(9)17(15,16)14-5-1-2-6-14/h3-4,7H,1-2,5-6,13H2. The maximum Gasteiger partial charge on any atom is 0.244 e. The van der Waals surface area contributed by atoms with Crippen molar-refractivity contribution in [2.24, 2.45) is 0 Å². The van der Waals surface area contributed by atoms with E-state index in [9.17, 15) is 8.42 Å². The lowest BCUT2D eigenvalue weighted by Gasteiger charge is -2.16. The fraction of sp³-hybridized carbons (Fsp3) is 0.364. The van der Waals surface area contributed by atoms with Crippen molar-refractivity contribution in [3.63, 3.8) is 0 Å². The highest BCUT2D eigenvalue weighted by Crippen LogP contribution is 2.25. The quantitative estimate of drug-likeness (QED) is 0.792. The summed E-state index contributed by atoms with van der Waals surface area (Å²) in [5, 5.41) is 8.94. The number of benzene rings is 1. The number of nitrogens with two attached hydrogens (primary N) is 1. The van der Waals surface area contributed by atoms with Crippen molar-refractivity contribution in [3.05, 3.63) is 23.8 Å². The summed E-state index contributed by atoms with van der Waals surface area (Å²) in [6, 6.07) is 6.22. The molecule has 1 aliphatic heterocycles. The Morgan fingerprint density at radius 3 is 2.53 bits per heavy atom. The molecule has 0 bridgehead atoms. The van der Waals surface area contributed by atoms with Gasteiger partial charge in [0.1, 0.15) is 11.0 Å². The third kappa shape index (κ3) is 2.12. The van der Waals surface area contributed by atoms with Crippen molar-refractivity contribution in [1.29, 1.82) is 5.26 Å². The molecule has 1 aliphatic rings. The molecule has 2 N–H and O–H groups in total. The molecule has 6 heteroatoms. The van der Waals surface area contributed by atoms with E-state index in [1.54, 1.807) is 0 Å². The number of nitrogen functional groups attached to an aromatic ring is 1. The van der Waals surface area contributed by atoms with Crippen LogP contribution in [0.3, 0.4) is 0 Å². The Labute approximate surface area is 101 Å². The minimum atomic E-state index is -3.57. The summed E-state index contributed by atoms with van der Waals surface area (Å²) in [6.45, 7) is 1.03. The van der Waals surface area contributed by atoms with Crippen LogP contribution in [0, 0.1) is 11.3 Å². The summed E-state index contributed by atoms with van der Waals surface area (Å²) in [6.07, 6.45) is 1.73. The highest BCUT2D eigenvalue weighted by atomic mass is 32.2. The zero-order valence-corrected chi connectivity index (χ0v) is 10.1. The monoisotopic (exact) mass is 251 g/mol. The van der Waals surface area contributed by atoms with Crippen LogP contribution in [0.4, 0.5) is 5.69 Å². The molecular formula is C11H13N3O2S. The van der Waals surface area contributed by atoms with E-state index >= 15 is 0 Å². The summed E-state index contributed by atoms with van der Waals surface area (Å²) < 4.78 is 26.0. The fourth-order valence-corrected chi connectivity index (χ4v) is 3.61. The van der Waals surface area contributed by atoms with E-state index in [1.807, 2.05) is 6.07 Å². The Bertz CT molecular complexity index is 569. The van der Waals surface area contributed by atoms with Gasteiger partial charge in [-0.1, -0.05) is 0 Å². The van der Waals surface area contributed by atoms with Crippen LogP contribution in [0.25, 0.3) is 0 Å². The first kappa shape index (κ1) is 11.9. The van der Waals surface area contributed by atoms with Gasteiger partial charge in [-0.2, -0.15) is 9.57 Å². The molecule has 1 heterocycles. The zero-order valence-electron chi connectivity index (χ0n) is 9.26. The second-order valence-corrected chi connectivity index (χ2v) is 5.88. The molecule has 0 atom stereocenters. The summed E-state index contributed by atoms with van der Waals surface area (Å²) in [4.78, 5) is 0.0156. The first-order valence-corrected chi connectivity index (χ1v) is 6.79. The SMILES string of the molecule is N#Cc1ccc(N)cc1S(=O)(=O)N1CCCC1. The molecular weight excluding hydrogens is 238 g/mol. The Morgan fingerprint density at radius 2 is 1.94 bits per heavy atom. The van der Waals surface area contributed by atoms with E-state index in [1.165, 1.54) is 22.5 Å². The predicted molar refractivity (Wildman–Crippen MR) is 63.6 cm³/mol. The molecule has 1 saturated heterocycles. The van der Waals surface area contributed by atoms with E-state index < -0.39 is 10.0 Å². The molecule has 0 spiro atoms. The van der Waals surface area contributed by atoms with Crippen molar-refractivity contribution >= 4 is 15.7 Å². The minimum Gasteiger partial charge on any atom is -0.399 e. The molecule has 1 aromatic rings. The third-order valence-corrected chi connectivity index (χ3v) is 4.75. The van der Waals surface area contributed by atoms with Gasteiger partial charge in [0.05, 0.1) is 5.56 Å². The average Bonchev–Trinajstić information content (AvgIpc) is 2.83. The Balaban J connectivity index is 2.52. The van der Waals surface area contributed by atoms with Crippen LogP contribution < -0.4 is 5.73 Å². The largest absolute Gasteiger partial charge is 0.399 e. The molecule has 0 aliphatic carbocycles. The van der Waals surface area contributed by atoms with Crippen LogP contribution in [0.15, 0.2) is 23.1 Å². The number of hydrogen-bond donors (Lipinski definition) is 1.